The Balaban J connectivity index is 1.64. The first kappa shape index (κ1) is 17.8. The SMILES string of the molecule is Cc1sc(NC(=O)CN2C(=O)CCC2=O)c(-c2nc3ccccc3s2)c1C. The summed E-state index contributed by atoms with van der Waals surface area (Å²) in [5, 5.41) is 4.43. The van der Waals surface area contributed by atoms with E-state index in [4.69, 9.17) is 4.98 Å². The third kappa shape index (κ3) is 3.26. The number of nitrogens with one attached hydrogen (secondary N) is 1. The molecule has 2 aromatic heterocycles. The highest BCUT2D eigenvalue weighted by atomic mass is 32.1. The number of anilines is 1. The smallest absolute Gasteiger partial charge is 0.245 e. The number of amides is 3. The van der Waals surface area contributed by atoms with Crippen LogP contribution in [0.5, 0.6) is 0 Å². The van der Waals surface area contributed by atoms with Crippen molar-refractivity contribution < 1.29 is 14.4 Å². The van der Waals surface area contributed by atoms with E-state index < -0.39 is 0 Å². The summed E-state index contributed by atoms with van der Waals surface area (Å²) in [6.07, 6.45) is 0.362. The zero-order valence-corrected chi connectivity index (χ0v) is 16.5. The number of thiazole rings is 1. The fourth-order valence-electron chi connectivity index (χ4n) is 3.06. The van der Waals surface area contributed by atoms with Crippen LogP contribution in [0.15, 0.2) is 24.3 Å². The van der Waals surface area contributed by atoms with Gasteiger partial charge in [-0.3, -0.25) is 19.3 Å². The zero-order chi connectivity index (χ0) is 19.1. The molecule has 3 aromatic rings. The quantitative estimate of drug-likeness (QED) is 0.678. The molecule has 1 aromatic carbocycles. The Morgan fingerprint density at radius 2 is 1.85 bits per heavy atom. The van der Waals surface area contributed by atoms with Crippen LogP contribution >= 0.6 is 22.7 Å². The molecule has 0 atom stereocenters. The van der Waals surface area contributed by atoms with Crippen LogP contribution in [-0.4, -0.2) is 34.2 Å². The standard InChI is InChI=1S/C19H17N3O3S2/c1-10-11(2)26-19(21-14(23)9-22-15(24)7-8-16(22)25)17(10)18-20-12-5-3-4-6-13(12)27-18/h3-6H,7-9H2,1-2H3,(H,21,23). The van der Waals surface area contributed by atoms with E-state index in [1.54, 1.807) is 11.3 Å². The van der Waals surface area contributed by atoms with E-state index in [1.807, 2.05) is 38.1 Å². The summed E-state index contributed by atoms with van der Waals surface area (Å²) in [5.41, 5.74) is 2.90. The fourth-order valence-corrected chi connectivity index (χ4v) is 5.28. The number of likely N-dealkylation sites (tertiary alicyclic amines) is 1. The minimum Gasteiger partial charge on any atom is -0.316 e. The molecule has 1 saturated heterocycles. The Morgan fingerprint density at radius 1 is 1.15 bits per heavy atom. The number of fused-ring (bicyclic) bond motifs is 1. The minimum absolute atomic E-state index is 0.181. The van der Waals surface area contributed by atoms with Crippen molar-refractivity contribution in [2.75, 3.05) is 11.9 Å². The monoisotopic (exact) mass is 399 g/mol. The summed E-state index contributed by atoms with van der Waals surface area (Å²) in [6.45, 7) is 3.77. The van der Waals surface area contributed by atoms with Gasteiger partial charge in [0.2, 0.25) is 17.7 Å². The number of benzene rings is 1. The van der Waals surface area contributed by atoms with Gasteiger partial charge in [-0.25, -0.2) is 4.98 Å². The highest BCUT2D eigenvalue weighted by molar-refractivity contribution is 7.22. The Bertz CT molecular complexity index is 1030. The van der Waals surface area contributed by atoms with Crippen molar-refractivity contribution in [1.82, 2.24) is 9.88 Å². The Morgan fingerprint density at radius 3 is 2.56 bits per heavy atom. The van der Waals surface area contributed by atoms with Crippen LogP contribution in [0.25, 0.3) is 20.8 Å². The maximum absolute atomic E-state index is 12.5. The maximum atomic E-state index is 12.5. The lowest BCUT2D eigenvalue weighted by Gasteiger charge is -2.13. The predicted octanol–water partition coefficient (Wildman–Crippen LogP) is 3.73. The van der Waals surface area contributed by atoms with Crippen molar-refractivity contribution in [3.05, 3.63) is 34.7 Å². The molecule has 8 heteroatoms. The third-order valence-electron chi connectivity index (χ3n) is 4.60. The molecule has 1 aliphatic heterocycles. The Kier molecular flexibility index (Phi) is 4.53. The average Bonchev–Trinajstić information content (AvgIpc) is 3.27. The van der Waals surface area contributed by atoms with Gasteiger partial charge < -0.3 is 5.32 Å². The zero-order valence-electron chi connectivity index (χ0n) is 14.9. The molecule has 4 rings (SSSR count). The van der Waals surface area contributed by atoms with Crippen LogP contribution in [0.4, 0.5) is 5.00 Å². The lowest BCUT2D eigenvalue weighted by molar-refractivity contribution is -0.141. The van der Waals surface area contributed by atoms with Crippen LogP contribution in [0.1, 0.15) is 23.3 Å². The number of nitrogens with zero attached hydrogens (tertiary/aromatic N) is 2. The molecule has 0 saturated carbocycles. The lowest BCUT2D eigenvalue weighted by Crippen LogP contribution is -2.36. The van der Waals surface area contributed by atoms with Gasteiger partial charge in [-0.2, -0.15) is 0 Å². The van der Waals surface area contributed by atoms with E-state index in [2.05, 4.69) is 5.32 Å². The number of carbonyl (C=O) groups is 3. The molecular weight excluding hydrogens is 382 g/mol. The first-order chi connectivity index (χ1) is 12.9. The highest BCUT2D eigenvalue weighted by Crippen LogP contribution is 2.43. The molecule has 1 N–H and O–H groups in total. The largest absolute Gasteiger partial charge is 0.316 e. The van der Waals surface area contributed by atoms with E-state index in [1.165, 1.54) is 11.3 Å². The van der Waals surface area contributed by atoms with Crippen LogP contribution < -0.4 is 5.32 Å². The molecule has 1 aliphatic rings. The number of hydrogen-bond acceptors (Lipinski definition) is 6. The number of thiophene rings is 1. The molecule has 138 valence electrons. The average molecular weight is 399 g/mol. The van der Waals surface area contributed by atoms with Crippen molar-refractivity contribution in [2.24, 2.45) is 0 Å². The summed E-state index contributed by atoms with van der Waals surface area (Å²) < 4.78 is 1.08. The molecule has 0 aliphatic carbocycles. The number of rotatable bonds is 4. The summed E-state index contributed by atoms with van der Waals surface area (Å²) in [6, 6.07) is 7.91. The number of aromatic nitrogens is 1. The molecule has 0 spiro atoms. The molecule has 1 fully saturated rings. The highest BCUT2D eigenvalue weighted by Gasteiger charge is 2.31. The molecule has 0 radical (unpaired) electrons. The van der Waals surface area contributed by atoms with Gasteiger partial charge in [-0.1, -0.05) is 12.1 Å². The first-order valence-electron chi connectivity index (χ1n) is 8.53. The van der Waals surface area contributed by atoms with E-state index in [0.29, 0.717) is 5.00 Å². The van der Waals surface area contributed by atoms with Gasteiger partial charge in [-0.05, 0) is 31.5 Å². The summed E-state index contributed by atoms with van der Waals surface area (Å²) in [4.78, 5) is 42.8. The van der Waals surface area contributed by atoms with Gasteiger partial charge in [-0.15, -0.1) is 22.7 Å². The molecular formula is C19H17N3O3S2. The van der Waals surface area contributed by atoms with E-state index in [-0.39, 0.29) is 37.1 Å². The van der Waals surface area contributed by atoms with E-state index in [0.717, 1.165) is 36.1 Å². The number of aryl methyl sites for hydroxylation is 1. The Labute approximate surface area is 163 Å². The topological polar surface area (TPSA) is 79.4 Å². The van der Waals surface area contributed by atoms with Gasteiger partial charge in [0.25, 0.3) is 0 Å². The van der Waals surface area contributed by atoms with Gasteiger partial charge in [0.05, 0.1) is 10.2 Å². The van der Waals surface area contributed by atoms with Gasteiger partial charge >= 0.3 is 0 Å². The molecule has 3 amide bonds. The summed E-state index contributed by atoms with van der Waals surface area (Å²) in [5.74, 6) is -0.956. The van der Waals surface area contributed by atoms with Crippen LogP contribution in [0.3, 0.4) is 0 Å². The second-order valence-electron chi connectivity index (χ2n) is 6.40. The summed E-state index contributed by atoms with van der Waals surface area (Å²) >= 11 is 3.06. The third-order valence-corrected chi connectivity index (χ3v) is 6.78. The number of carbonyl (C=O) groups excluding carboxylic acids is 3. The van der Waals surface area contributed by atoms with E-state index in [9.17, 15) is 14.4 Å². The maximum Gasteiger partial charge on any atom is 0.245 e. The van der Waals surface area contributed by atoms with E-state index >= 15 is 0 Å². The van der Waals surface area contributed by atoms with Crippen molar-refractivity contribution in [3.63, 3.8) is 0 Å². The molecule has 0 bridgehead atoms. The second-order valence-corrected chi connectivity index (χ2v) is 8.65. The molecule has 0 unspecified atom stereocenters. The van der Waals surface area contributed by atoms with Crippen molar-refractivity contribution in [3.8, 4) is 10.6 Å². The number of hydrogen-bond donors (Lipinski definition) is 1. The van der Waals surface area contributed by atoms with Crippen LogP contribution in [-0.2, 0) is 14.4 Å². The van der Waals surface area contributed by atoms with Crippen molar-refractivity contribution in [2.45, 2.75) is 26.7 Å². The van der Waals surface area contributed by atoms with Crippen LogP contribution in [0.2, 0.25) is 0 Å². The Hall–Kier alpha value is -2.58. The predicted molar refractivity (Wildman–Crippen MR) is 107 cm³/mol. The molecule has 3 heterocycles. The summed E-state index contributed by atoms with van der Waals surface area (Å²) in [7, 11) is 0. The lowest BCUT2D eigenvalue weighted by atomic mass is 10.1. The second kappa shape index (κ2) is 6.86. The van der Waals surface area contributed by atoms with Crippen molar-refractivity contribution >= 4 is 55.6 Å². The first-order valence-corrected chi connectivity index (χ1v) is 10.2. The van der Waals surface area contributed by atoms with Crippen molar-refractivity contribution in [1.29, 1.82) is 0 Å². The fraction of sp³-hybridized carbons (Fsp3) is 0.263. The van der Waals surface area contributed by atoms with Crippen LogP contribution in [0, 0.1) is 13.8 Å². The van der Waals surface area contributed by atoms with Gasteiger partial charge in [0.15, 0.2) is 0 Å². The molecule has 27 heavy (non-hydrogen) atoms. The van der Waals surface area contributed by atoms with Gasteiger partial charge in [0, 0.05) is 23.3 Å². The normalized spacial score (nSPS) is 14.4. The minimum atomic E-state index is -0.373. The van der Waals surface area contributed by atoms with Gasteiger partial charge in [0.1, 0.15) is 16.6 Å². The number of para-hydroxylation sites is 1. The number of imide groups is 1. The molecule has 6 nitrogen and oxygen atoms in total.